The maximum absolute atomic E-state index is 10.8. The molecule has 0 saturated carbocycles. The average molecular weight is 133 g/mol. The molecule has 0 bridgehead atoms. The van der Waals surface area contributed by atoms with Gasteiger partial charge in [0.15, 0.2) is 0 Å². The smallest absolute Gasteiger partial charge is 0.220 e. The Morgan fingerprint density at radius 1 is 1.29 bits per heavy atom. The molecule has 1 atom stereocenters. The van der Waals surface area contributed by atoms with E-state index in [0.717, 1.165) is 0 Å². The first kappa shape index (κ1) is 7.01. The number of alkyl halides is 5. The van der Waals surface area contributed by atoms with Gasteiger partial charge in [-0.25, -0.2) is 4.39 Å². The second-order valence-electron chi connectivity index (χ2n) is 0.842. The van der Waals surface area contributed by atoms with Crippen LogP contribution in [0.3, 0.4) is 0 Å². The fourth-order valence-corrected chi connectivity index (χ4v) is 0. The Morgan fingerprint density at radius 3 is 1.43 bits per heavy atom. The van der Waals surface area contributed by atoms with Crippen molar-refractivity contribution in [2.75, 3.05) is 0 Å². The molecule has 0 heterocycles. The van der Waals surface area contributed by atoms with Crippen LogP contribution in [0.15, 0.2) is 0 Å². The zero-order valence-electron chi connectivity index (χ0n) is 2.97. The maximum atomic E-state index is 10.8. The van der Waals surface area contributed by atoms with Gasteiger partial charge in [0.1, 0.15) is 0 Å². The molecule has 0 aromatic heterocycles. The summed E-state index contributed by atoms with van der Waals surface area (Å²) < 4.78 is 42.9. The second-order valence-corrected chi connectivity index (χ2v) is 1.23. The summed E-state index contributed by atoms with van der Waals surface area (Å²) in [6, 6.07) is 0. The molecule has 0 rings (SSSR count). The van der Waals surface area contributed by atoms with Gasteiger partial charge in [-0.3, -0.25) is 0 Å². The number of hydrogen-bond donors (Lipinski definition) is 0. The predicted octanol–water partition coefficient (Wildman–Crippen LogP) is 2.08. The SMILES string of the molecule is FC(Cl)C([18F])([18F])[18F]. The van der Waals surface area contributed by atoms with Crippen LogP contribution in [0.5, 0.6) is 0 Å². The largest absolute Gasteiger partial charge is 0.433 e. The Bertz CT molecular complexity index is 55.2. The zero-order chi connectivity index (χ0) is 6.08. The van der Waals surface area contributed by atoms with Crippen LogP contribution in [-0.4, -0.2) is 11.8 Å². The van der Waals surface area contributed by atoms with Crippen LogP contribution < -0.4 is 0 Å². The molecule has 5 heteroatoms. The van der Waals surface area contributed by atoms with E-state index in [1.807, 2.05) is 0 Å². The van der Waals surface area contributed by atoms with Crippen LogP contribution >= 0.6 is 11.6 Å². The van der Waals surface area contributed by atoms with Gasteiger partial charge < -0.3 is 0 Å². The third kappa shape index (κ3) is 2.68. The van der Waals surface area contributed by atoms with E-state index in [-0.39, 0.29) is 0 Å². The molecule has 7 heavy (non-hydrogen) atoms. The lowest BCUT2D eigenvalue weighted by molar-refractivity contribution is -0.156. The average Bonchev–Trinajstić information content (AvgIpc) is 1.31. The number of rotatable bonds is 0. The molecule has 0 aromatic rings. The van der Waals surface area contributed by atoms with Crippen molar-refractivity contribution in [2.24, 2.45) is 0 Å². The molecule has 0 radical (unpaired) electrons. The summed E-state index contributed by atoms with van der Waals surface area (Å²) in [7, 11) is 0. The standard InChI is InChI=1S/C2HClF4/c3-1(4)2(5,6)7/h1H/i5-1,6-1,7-1. The van der Waals surface area contributed by atoms with Crippen LogP contribution in [0.1, 0.15) is 0 Å². The van der Waals surface area contributed by atoms with Crippen molar-refractivity contribution in [1.29, 1.82) is 0 Å². The summed E-state index contributed by atoms with van der Waals surface area (Å²) in [5, 5.41) is 0. The van der Waals surface area contributed by atoms with Crippen molar-refractivity contribution in [2.45, 2.75) is 11.8 Å². The first-order chi connectivity index (χ1) is 2.94. The highest BCUT2D eigenvalue weighted by atomic mass is 35.5. The molecular formula is C2HClF4. The summed E-state index contributed by atoms with van der Waals surface area (Å²) in [5.74, 6) is 0. The highest BCUT2D eigenvalue weighted by Crippen LogP contribution is 2.24. The van der Waals surface area contributed by atoms with E-state index < -0.39 is 11.8 Å². The monoisotopic (exact) mass is 133 g/mol. The predicted molar refractivity (Wildman–Crippen MR) is 16.8 cm³/mol. The lowest BCUT2D eigenvalue weighted by atomic mass is 10.7. The summed E-state index contributed by atoms with van der Waals surface area (Å²) in [6.45, 7) is 0. The molecule has 0 amide bonds. The normalized spacial score (nSPS) is 16.7. The van der Waals surface area contributed by atoms with Crippen LogP contribution in [0.25, 0.3) is 0 Å². The second kappa shape index (κ2) is 1.86. The summed E-state index contributed by atoms with van der Waals surface area (Å²) in [6.07, 6.45) is -4.90. The third-order valence-electron chi connectivity index (χ3n) is 0.247. The minimum Gasteiger partial charge on any atom is -0.220 e. The maximum Gasteiger partial charge on any atom is 0.433 e. The zero-order valence-corrected chi connectivity index (χ0v) is 3.72. The molecule has 0 nitrogen and oxygen atoms in total. The summed E-state index contributed by atoms with van der Waals surface area (Å²) in [4.78, 5) is 0. The summed E-state index contributed by atoms with van der Waals surface area (Å²) in [5.41, 5.74) is -3.23. The molecule has 0 aliphatic carbocycles. The highest BCUT2D eigenvalue weighted by molar-refractivity contribution is 6.20. The van der Waals surface area contributed by atoms with Crippen molar-refractivity contribution >= 4 is 11.6 Å². The molecule has 44 valence electrons. The number of halogens is 5. The van der Waals surface area contributed by atoms with Gasteiger partial charge in [0.05, 0.1) is 0 Å². The Morgan fingerprint density at radius 2 is 1.43 bits per heavy atom. The van der Waals surface area contributed by atoms with E-state index in [1.165, 1.54) is 0 Å². The minimum absolute atomic E-state index is 3.23. The third-order valence-corrected chi connectivity index (χ3v) is 0.495. The number of hydrogen-bond acceptors (Lipinski definition) is 0. The first-order valence-corrected chi connectivity index (χ1v) is 1.73. The van der Waals surface area contributed by atoms with Crippen LogP contribution in [0.4, 0.5) is 17.6 Å². The van der Waals surface area contributed by atoms with E-state index in [9.17, 15) is 17.6 Å². The van der Waals surface area contributed by atoms with Crippen LogP contribution in [-0.2, 0) is 0 Å². The molecule has 0 fully saturated rings. The molecule has 0 spiro atoms. The molecule has 0 N–H and O–H groups in total. The molecule has 0 saturated heterocycles. The topological polar surface area (TPSA) is 0 Å². The molecule has 0 aromatic carbocycles. The molecular weight excluding hydrogens is 132 g/mol. The Balaban J connectivity index is 3.54. The van der Waals surface area contributed by atoms with E-state index in [2.05, 4.69) is 11.6 Å². The van der Waals surface area contributed by atoms with Gasteiger partial charge in [-0.05, 0) is 0 Å². The van der Waals surface area contributed by atoms with E-state index in [4.69, 9.17) is 0 Å². The fraction of sp³-hybridized carbons (Fsp3) is 1.00. The molecule has 1 unspecified atom stereocenters. The van der Waals surface area contributed by atoms with Crippen LogP contribution in [0.2, 0.25) is 0 Å². The Hall–Kier alpha value is 0.01000. The molecule has 0 aliphatic rings. The highest BCUT2D eigenvalue weighted by Gasteiger charge is 2.38. The van der Waals surface area contributed by atoms with Crippen molar-refractivity contribution in [3.63, 3.8) is 0 Å². The van der Waals surface area contributed by atoms with Gasteiger partial charge in [0.2, 0.25) is 0 Å². The van der Waals surface area contributed by atoms with Crippen molar-refractivity contribution in [3.05, 3.63) is 0 Å². The van der Waals surface area contributed by atoms with E-state index in [1.54, 1.807) is 0 Å². The van der Waals surface area contributed by atoms with Crippen LogP contribution in [0, 0.1) is 0 Å². The van der Waals surface area contributed by atoms with Gasteiger partial charge in [0, 0.05) is 0 Å². The minimum atomic E-state index is -4.90. The first-order valence-electron chi connectivity index (χ1n) is 1.29. The van der Waals surface area contributed by atoms with Crippen molar-refractivity contribution in [3.8, 4) is 0 Å². The van der Waals surface area contributed by atoms with Gasteiger partial charge in [-0.15, -0.1) is 0 Å². The van der Waals surface area contributed by atoms with Gasteiger partial charge in [-0.1, -0.05) is 11.6 Å². The lowest BCUT2D eigenvalue weighted by Crippen LogP contribution is -2.17. The Kier molecular flexibility index (Phi) is 1.86. The van der Waals surface area contributed by atoms with Crippen molar-refractivity contribution in [1.82, 2.24) is 0 Å². The van der Waals surface area contributed by atoms with Crippen molar-refractivity contribution < 1.29 is 17.6 Å². The van der Waals surface area contributed by atoms with Gasteiger partial charge in [-0.2, -0.15) is 13.2 Å². The quantitative estimate of drug-likeness (QED) is 0.351. The van der Waals surface area contributed by atoms with Gasteiger partial charge >= 0.3 is 6.18 Å². The summed E-state index contributed by atoms with van der Waals surface area (Å²) >= 11 is 3.96. The fourth-order valence-electron chi connectivity index (χ4n) is 0. The van der Waals surface area contributed by atoms with E-state index in [0.29, 0.717) is 0 Å². The molecule has 0 aliphatic heterocycles. The van der Waals surface area contributed by atoms with E-state index >= 15 is 0 Å². The van der Waals surface area contributed by atoms with Gasteiger partial charge in [0.25, 0.3) is 5.63 Å². The lowest BCUT2D eigenvalue weighted by Gasteiger charge is -2.01. The Labute approximate surface area is 42.1 Å².